The number of hydrogen-bond acceptors (Lipinski definition) is 7. The molecule has 304 valence electrons. The van der Waals surface area contributed by atoms with E-state index in [9.17, 15) is 14.3 Å². The van der Waals surface area contributed by atoms with Crippen molar-refractivity contribution in [1.29, 1.82) is 0 Å². The van der Waals surface area contributed by atoms with Gasteiger partial charge in [0.15, 0.2) is 0 Å². The molecule has 0 amide bonds. The minimum atomic E-state index is -4.31. The smallest absolute Gasteiger partial charge is 0.457 e. The molecule has 0 aliphatic heterocycles. The van der Waals surface area contributed by atoms with Crippen LogP contribution in [0.4, 0.5) is 0 Å². The summed E-state index contributed by atoms with van der Waals surface area (Å²) in [6.45, 7) is 4.42. The highest BCUT2D eigenvalue weighted by Gasteiger charge is 2.25. The summed E-state index contributed by atoms with van der Waals surface area (Å²) in [6, 6.07) is 0. The van der Waals surface area contributed by atoms with Gasteiger partial charge in [-0.05, 0) is 96.3 Å². The van der Waals surface area contributed by atoms with E-state index in [4.69, 9.17) is 24.3 Å². The lowest BCUT2D eigenvalue weighted by molar-refractivity contribution is -0.154. The van der Waals surface area contributed by atoms with Gasteiger partial charge in [0, 0.05) is 19.6 Å². The fraction of sp³-hybridized carbons (Fsp3) is 0.533. The van der Waals surface area contributed by atoms with Crippen LogP contribution in [0.5, 0.6) is 0 Å². The van der Waals surface area contributed by atoms with E-state index in [1.54, 1.807) is 0 Å². The molecule has 0 rings (SSSR count). The van der Waals surface area contributed by atoms with Crippen LogP contribution in [0, 0.1) is 0 Å². The first-order valence-electron chi connectivity index (χ1n) is 20.0. The Bertz CT molecular complexity index is 1230. The number of phosphoric acid groups is 1. The van der Waals surface area contributed by atoms with Crippen LogP contribution in [0.1, 0.15) is 117 Å². The average molecular weight is 770 g/mol. The third-order valence-corrected chi connectivity index (χ3v) is 8.36. The molecule has 0 aromatic rings. The maximum Gasteiger partial charge on any atom is 0.472 e. The molecule has 8 nitrogen and oxygen atoms in total. The van der Waals surface area contributed by atoms with Crippen molar-refractivity contribution in [3.8, 4) is 0 Å². The molecule has 0 fully saturated rings. The van der Waals surface area contributed by atoms with Crippen molar-refractivity contribution in [2.75, 3.05) is 33.0 Å². The topological polar surface area (TPSA) is 117 Å². The monoisotopic (exact) mass is 770 g/mol. The molecule has 0 heterocycles. The van der Waals surface area contributed by atoms with Crippen LogP contribution in [0.25, 0.3) is 0 Å². The standard InChI is InChI=1S/C45H72NO7P/c1-3-5-7-9-11-13-15-17-19-20-21-22-23-24-25-26-28-30-32-34-36-38-45(47)53-44(43-52-54(48,49)51-41-39-46)42-50-40-37-35-33-31-29-27-18-16-14-12-10-8-6-4-2/h5-8,11-14,17-19,21-22,24-25,27-28,30-31,33,44H,3-4,9-10,15-16,20,23,26,29,32,34-43,46H2,1-2H3,(H,48,49)/b7-5-,8-6-,13-11-,14-12-,19-17-,22-21-,25-24-,27-18-,30-28-,33-31-. The van der Waals surface area contributed by atoms with Crippen LogP contribution in [-0.2, 0) is 27.9 Å². The fourth-order valence-electron chi connectivity index (χ4n) is 4.53. The van der Waals surface area contributed by atoms with E-state index in [0.717, 1.165) is 89.9 Å². The van der Waals surface area contributed by atoms with Gasteiger partial charge in [0.05, 0.1) is 19.8 Å². The zero-order valence-electron chi connectivity index (χ0n) is 33.4. The average Bonchev–Trinajstić information content (AvgIpc) is 3.16. The molecule has 3 N–H and O–H groups in total. The van der Waals surface area contributed by atoms with Crippen LogP contribution in [0.3, 0.4) is 0 Å². The van der Waals surface area contributed by atoms with Gasteiger partial charge in [-0.3, -0.25) is 13.8 Å². The van der Waals surface area contributed by atoms with Crippen molar-refractivity contribution in [1.82, 2.24) is 0 Å². The van der Waals surface area contributed by atoms with Gasteiger partial charge in [0.1, 0.15) is 6.10 Å². The molecule has 0 bridgehead atoms. The lowest BCUT2D eigenvalue weighted by atomic mass is 10.2. The number of nitrogens with two attached hydrogens (primary N) is 1. The molecule has 0 saturated carbocycles. The third kappa shape index (κ3) is 40.1. The number of ether oxygens (including phenoxy) is 2. The van der Waals surface area contributed by atoms with E-state index in [1.165, 1.54) is 0 Å². The summed E-state index contributed by atoms with van der Waals surface area (Å²) < 4.78 is 33.2. The normalized spacial score (nSPS) is 14.8. The Morgan fingerprint density at radius 2 is 0.963 bits per heavy atom. The van der Waals surface area contributed by atoms with Gasteiger partial charge in [-0.25, -0.2) is 4.57 Å². The predicted molar refractivity (Wildman–Crippen MR) is 228 cm³/mol. The Labute approximate surface area is 328 Å². The van der Waals surface area contributed by atoms with Crippen LogP contribution in [-0.4, -0.2) is 49.9 Å². The first-order chi connectivity index (χ1) is 26.4. The molecule has 9 heteroatoms. The molecule has 0 spiro atoms. The Kier molecular flexibility index (Phi) is 38.7. The Morgan fingerprint density at radius 1 is 0.556 bits per heavy atom. The van der Waals surface area contributed by atoms with Gasteiger partial charge in [-0.2, -0.15) is 0 Å². The highest BCUT2D eigenvalue weighted by Crippen LogP contribution is 2.43. The lowest BCUT2D eigenvalue weighted by Crippen LogP contribution is -2.28. The quantitative estimate of drug-likeness (QED) is 0.0280. The second kappa shape index (κ2) is 41.1. The number of carbonyl (C=O) groups excluding carboxylic acids is 1. The molecule has 54 heavy (non-hydrogen) atoms. The molecule has 0 aliphatic rings. The number of carbonyl (C=O) groups is 1. The lowest BCUT2D eigenvalue weighted by Gasteiger charge is -2.20. The van der Waals surface area contributed by atoms with E-state index in [0.29, 0.717) is 13.0 Å². The van der Waals surface area contributed by atoms with Gasteiger partial charge >= 0.3 is 13.8 Å². The summed E-state index contributed by atoms with van der Waals surface area (Å²) in [6.07, 6.45) is 56.6. The summed E-state index contributed by atoms with van der Waals surface area (Å²) in [7, 11) is -4.31. The van der Waals surface area contributed by atoms with Crippen LogP contribution >= 0.6 is 7.82 Å². The van der Waals surface area contributed by atoms with E-state index in [-0.39, 0.29) is 32.8 Å². The molecular formula is C45H72NO7P. The van der Waals surface area contributed by atoms with Crippen molar-refractivity contribution < 1.29 is 32.8 Å². The number of rotatable bonds is 36. The van der Waals surface area contributed by atoms with Crippen LogP contribution in [0.15, 0.2) is 122 Å². The summed E-state index contributed by atoms with van der Waals surface area (Å²) in [5.74, 6) is -0.398. The van der Waals surface area contributed by atoms with Crippen molar-refractivity contribution in [3.63, 3.8) is 0 Å². The van der Waals surface area contributed by atoms with Crippen LogP contribution in [0.2, 0.25) is 0 Å². The number of esters is 1. The molecule has 2 atom stereocenters. The van der Waals surface area contributed by atoms with Crippen molar-refractivity contribution in [2.45, 2.75) is 123 Å². The SMILES string of the molecule is CC/C=C\C/C=C\C/C=C\C/C=C\C/C=C\C/C=C\CCCCC(=O)OC(COCCC/C=C\C/C=C\C/C=C\C/C=C\CC)COP(=O)(O)OCCN. The molecule has 0 aliphatic carbocycles. The second-order valence-electron chi connectivity index (χ2n) is 12.4. The molecule has 0 aromatic carbocycles. The molecule has 0 radical (unpaired) electrons. The third-order valence-electron chi connectivity index (χ3n) is 7.37. The Balaban J connectivity index is 4.28. The van der Waals surface area contributed by atoms with Gasteiger partial charge in [0.2, 0.25) is 0 Å². The first-order valence-corrected chi connectivity index (χ1v) is 21.5. The maximum absolute atomic E-state index is 12.5. The highest BCUT2D eigenvalue weighted by molar-refractivity contribution is 7.47. The number of allylic oxidation sites excluding steroid dienone is 20. The summed E-state index contributed by atoms with van der Waals surface area (Å²) in [4.78, 5) is 22.4. The molecule has 0 aromatic heterocycles. The zero-order chi connectivity index (χ0) is 39.5. The number of phosphoric ester groups is 1. The maximum atomic E-state index is 12.5. The summed E-state index contributed by atoms with van der Waals surface area (Å²) in [5.41, 5.74) is 5.35. The van der Waals surface area contributed by atoms with Crippen molar-refractivity contribution >= 4 is 13.8 Å². The number of hydrogen-bond donors (Lipinski definition) is 2. The van der Waals surface area contributed by atoms with Crippen molar-refractivity contribution in [2.24, 2.45) is 5.73 Å². The highest BCUT2D eigenvalue weighted by atomic mass is 31.2. The van der Waals surface area contributed by atoms with Gasteiger partial charge in [-0.1, -0.05) is 135 Å². The van der Waals surface area contributed by atoms with Crippen molar-refractivity contribution in [3.05, 3.63) is 122 Å². The zero-order valence-corrected chi connectivity index (χ0v) is 34.3. The van der Waals surface area contributed by atoms with E-state index >= 15 is 0 Å². The molecule has 2 unspecified atom stereocenters. The second-order valence-corrected chi connectivity index (χ2v) is 13.8. The summed E-state index contributed by atoms with van der Waals surface area (Å²) in [5, 5.41) is 0. The molecule has 0 saturated heterocycles. The number of unbranched alkanes of at least 4 members (excludes halogenated alkanes) is 3. The van der Waals surface area contributed by atoms with E-state index in [2.05, 4.69) is 135 Å². The summed E-state index contributed by atoms with van der Waals surface area (Å²) >= 11 is 0. The minimum Gasteiger partial charge on any atom is -0.457 e. The minimum absolute atomic E-state index is 0.0510. The molecular weight excluding hydrogens is 697 g/mol. The van der Waals surface area contributed by atoms with Gasteiger partial charge < -0.3 is 20.1 Å². The van der Waals surface area contributed by atoms with Gasteiger partial charge in [0.25, 0.3) is 0 Å². The largest absolute Gasteiger partial charge is 0.472 e. The Hall–Kier alpha value is -3.10. The van der Waals surface area contributed by atoms with Gasteiger partial charge in [-0.15, -0.1) is 0 Å². The van der Waals surface area contributed by atoms with E-state index < -0.39 is 19.9 Å². The predicted octanol–water partition coefficient (Wildman–Crippen LogP) is 11.9. The Morgan fingerprint density at radius 3 is 1.39 bits per heavy atom. The first kappa shape index (κ1) is 50.9. The fourth-order valence-corrected chi connectivity index (χ4v) is 5.30. The van der Waals surface area contributed by atoms with E-state index in [1.807, 2.05) is 0 Å². The van der Waals surface area contributed by atoms with Crippen LogP contribution < -0.4 is 5.73 Å².